The van der Waals surface area contributed by atoms with Gasteiger partial charge in [-0.1, -0.05) is 24.6 Å². The second kappa shape index (κ2) is 7.21. The fourth-order valence-electron chi connectivity index (χ4n) is 2.25. The molecule has 1 nitrogen and oxygen atoms in total. The highest BCUT2D eigenvalue weighted by atomic mass is 35.5. The number of hydrogen-bond donors (Lipinski definition) is 1. The molecule has 20 heavy (non-hydrogen) atoms. The minimum absolute atomic E-state index is 0.115. The Hall–Kier alpha value is -0.900. The number of benzene rings is 1. The highest BCUT2D eigenvalue weighted by Gasteiger charge is 2.18. The van der Waals surface area contributed by atoms with Crippen molar-refractivity contribution in [2.24, 2.45) is 0 Å². The zero-order valence-corrected chi connectivity index (χ0v) is 13.3. The molecule has 4 heteroatoms. The van der Waals surface area contributed by atoms with E-state index in [2.05, 4.69) is 30.6 Å². The van der Waals surface area contributed by atoms with Crippen molar-refractivity contribution < 1.29 is 4.39 Å². The third kappa shape index (κ3) is 3.60. The van der Waals surface area contributed by atoms with E-state index in [9.17, 15) is 4.39 Å². The lowest BCUT2D eigenvalue weighted by Gasteiger charge is -2.19. The van der Waals surface area contributed by atoms with Crippen molar-refractivity contribution in [3.8, 4) is 0 Å². The predicted octanol–water partition coefficient (Wildman–Crippen LogP) is 5.13. The molecule has 1 N–H and O–H groups in total. The number of rotatable bonds is 6. The zero-order chi connectivity index (χ0) is 14.5. The van der Waals surface area contributed by atoms with E-state index in [0.717, 1.165) is 13.0 Å². The highest BCUT2D eigenvalue weighted by Crippen LogP contribution is 2.30. The van der Waals surface area contributed by atoms with Gasteiger partial charge in [0.15, 0.2) is 0 Å². The number of halogens is 2. The van der Waals surface area contributed by atoms with E-state index in [4.69, 9.17) is 11.6 Å². The monoisotopic (exact) mass is 311 g/mol. The van der Waals surface area contributed by atoms with E-state index >= 15 is 0 Å². The van der Waals surface area contributed by atoms with Gasteiger partial charge in [-0.3, -0.25) is 0 Å². The summed E-state index contributed by atoms with van der Waals surface area (Å²) >= 11 is 7.86. The summed E-state index contributed by atoms with van der Waals surface area (Å²) in [5, 5.41) is 6.08. The largest absolute Gasteiger partial charge is 0.309 e. The molecule has 1 heterocycles. The summed E-state index contributed by atoms with van der Waals surface area (Å²) in [4.78, 5) is 1.26. The van der Waals surface area contributed by atoms with Gasteiger partial charge in [0, 0.05) is 21.5 Å². The molecule has 1 atom stereocenters. The smallest absolute Gasteiger partial charge is 0.127 e. The van der Waals surface area contributed by atoms with E-state index < -0.39 is 0 Å². The van der Waals surface area contributed by atoms with E-state index in [0.29, 0.717) is 17.0 Å². The second-order valence-corrected chi connectivity index (χ2v) is 6.23. The second-order valence-electron chi connectivity index (χ2n) is 4.88. The molecule has 0 saturated carbocycles. The van der Waals surface area contributed by atoms with Crippen LogP contribution in [-0.4, -0.2) is 6.54 Å². The Bertz CT molecular complexity index is 547. The first-order valence-corrected chi connectivity index (χ1v) is 8.09. The molecule has 0 fully saturated rings. The fourth-order valence-corrected chi connectivity index (χ4v) is 3.49. The SMILES string of the molecule is CCCNC(Cc1c(F)cccc1Cl)c1sccc1C. The van der Waals surface area contributed by atoms with Crippen LogP contribution in [0.3, 0.4) is 0 Å². The Balaban J connectivity index is 2.26. The van der Waals surface area contributed by atoms with Gasteiger partial charge >= 0.3 is 0 Å². The number of aryl methyl sites for hydroxylation is 1. The molecule has 0 saturated heterocycles. The Morgan fingerprint density at radius 1 is 1.35 bits per heavy atom. The summed E-state index contributed by atoms with van der Waals surface area (Å²) in [6, 6.07) is 7.08. The first-order valence-electron chi connectivity index (χ1n) is 6.83. The van der Waals surface area contributed by atoms with Crippen molar-refractivity contribution in [2.75, 3.05) is 6.54 Å². The Labute approximate surface area is 128 Å². The van der Waals surface area contributed by atoms with Crippen molar-refractivity contribution in [1.82, 2.24) is 5.32 Å². The number of thiophene rings is 1. The molecule has 0 amide bonds. The van der Waals surface area contributed by atoms with Crippen molar-refractivity contribution in [3.63, 3.8) is 0 Å². The number of nitrogens with one attached hydrogen (secondary N) is 1. The van der Waals surface area contributed by atoms with Crippen LogP contribution in [-0.2, 0) is 6.42 Å². The zero-order valence-electron chi connectivity index (χ0n) is 11.7. The van der Waals surface area contributed by atoms with Crippen molar-refractivity contribution in [2.45, 2.75) is 32.7 Å². The van der Waals surface area contributed by atoms with E-state index in [1.165, 1.54) is 16.5 Å². The maximum absolute atomic E-state index is 14.0. The van der Waals surface area contributed by atoms with Gasteiger partial charge in [-0.2, -0.15) is 0 Å². The van der Waals surface area contributed by atoms with Gasteiger partial charge in [0.2, 0.25) is 0 Å². The lowest BCUT2D eigenvalue weighted by atomic mass is 10.0. The predicted molar refractivity (Wildman–Crippen MR) is 85.2 cm³/mol. The summed E-state index contributed by atoms with van der Waals surface area (Å²) in [6.45, 7) is 5.13. The Morgan fingerprint density at radius 3 is 2.75 bits per heavy atom. The fraction of sp³-hybridized carbons (Fsp3) is 0.375. The van der Waals surface area contributed by atoms with E-state index in [1.54, 1.807) is 23.5 Å². The normalized spacial score (nSPS) is 12.6. The molecular formula is C16H19ClFNS. The molecule has 1 aromatic heterocycles. The molecule has 0 radical (unpaired) electrons. The molecular weight excluding hydrogens is 293 g/mol. The molecule has 108 valence electrons. The summed E-state index contributed by atoms with van der Waals surface area (Å²) in [5.74, 6) is -0.227. The molecule has 0 aliphatic rings. The summed E-state index contributed by atoms with van der Waals surface area (Å²) in [5.41, 5.74) is 1.84. The van der Waals surface area contributed by atoms with E-state index in [-0.39, 0.29) is 11.9 Å². The molecule has 1 unspecified atom stereocenters. The first kappa shape index (κ1) is 15.5. The maximum atomic E-state index is 14.0. The lowest BCUT2D eigenvalue weighted by molar-refractivity contribution is 0.518. The summed E-state index contributed by atoms with van der Waals surface area (Å²) in [7, 11) is 0. The first-order chi connectivity index (χ1) is 9.63. The molecule has 1 aromatic carbocycles. The molecule has 0 aliphatic carbocycles. The molecule has 0 spiro atoms. The third-order valence-electron chi connectivity index (χ3n) is 3.33. The summed E-state index contributed by atoms with van der Waals surface area (Å²) in [6.07, 6.45) is 1.62. The molecule has 0 bridgehead atoms. The quantitative estimate of drug-likeness (QED) is 0.779. The highest BCUT2D eigenvalue weighted by molar-refractivity contribution is 7.10. The van der Waals surface area contributed by atoms with Gasteiger partial charge in [-0.25, -0.2) is 4.39 Å². The molecule has 2 rings (SSSR count). The van der Waals surface area contributed by atoms with Gasteiger partial charge in [0.1, 0.15) is 5.82 Å². The number of hydrogen-bond acceptors (Lipinski definition) is 2. The van der Waals surface area contributed by atoms with Crippen LogP contribution in [0.15, 0.2) is 29.6 Å². The van der Waals surface area contributed by atoms with Crippen LogP contribution in [0.1, 0.15) is 35.4 Å². The van der Waals surface area contributed by atoms with Crippen LogP contribution < -0.4 is 5.32 Å². The average Bonchev–Trinajstić information content (AvgIpc) is 2.84. The maximum Gasteiger partial charge on any atom is 0.127 e. The van der Waals surface area contributed by atoms with Gasteiger partial charge in [0.25, 0.3) is 0 Å². The molecule has 2 aromatic rings. The van der Waals surface area contributed by atoms with Crippen molar-refractivity contribution >= 4 is 22.9 Å². The minimum Gasteiger partial charge on any atom is -0.309 e. The Kier molecular flexibility index (Phi) is 5.58. The minimum atomic E-state index is -0.227. The van der Waals surface area contributed by atoms with Crippen LogP contribution in [0, 0.1) is 12.7 Å². The Morgan fingerprint density at radius 2 is 2.15 bits per heavy atom. The standard InChI is InChI=1S/C16H19ClFNS/c1-3-8-19-15(16-11(2)7-9-20-16)10-12-13(17)5-4-6-14(12)18/h4-7,9,15,19H,3,8,10H2,1-2H3. The van der Waals surface area contributed by atoms with Crippen LogP contribution >= 0.6 is 22.9 Å². The average molecular weight is 312 g/mol. The van der Waals surface area contributed by atoms with Crippen LogP contribution in [0.4, 0.5) is 4.39 Å². The topological polar surface area (TPSA) is 12.0 Å². The summed E-state index contributed by atoms with van der Waals surface area (Å²) < 4.78 is 14.0. The van der Waals surface area contributed by atoms with Crippen molar-refractivity contribution in [1.29, 1.82) is 0 Å². The van der Waals surface area contributed by atoms with Gasteiger partial charge < -0.3 is 5.32 Å². The third-order valence-corrected chi connectivity index (χ3v) is 4.82. The molecule has 0 aliphatic heterocycles. The van der Waals surface area contributed by atoms with E-state index in [1.807, 2.05) is 0 Å². The van der Waals surface area contributed by atoms with Gasteiger partial charge in [0.05, 0.1) is 0 Å². The van der Waals surface area contributed by atoms with Gasteiger partial charge in [-0.15, -0.1) is 11.3 Å². The van der Waals surface area contributed by atoms with Gasteiger partial charge in [-0.05, 0) is 55.5 Å². The lowest BCUT2D eigenvalue weighted by Crippen LogP contribution is -2.24. The van der Waals surface area contributed by atoms with Crippen LogP contribution in [0.2, 0.25) is 5.02 Å². The van der Waals surface area contributed by atoms with Crippen LogP contribution in [0.5, 0.6) is 0 Å². The van der Waals surface area contributed by atoms with Crippen molar-refractivity contribution in [3.05, 3.63) is 56.5 Å². The van der Waals surface area contributed by atoms with Crippen LogP contribution in [0.25, 0.3) is 0 Å².